The summed E-state index contributed by atoms with van der Waals surface area (Å²) in [5, 5.41) is 0. The first kappa shape index (κ1) is 28.4. The lowest BCUT2D eigenvalue weighted by molar-refractivity contribution is -0.140. The first-order valence-electron chi connectivity index (χ1n) is 11.4. The third kappa shape index (κ3) is 15.8. The van der Waals surface area contributed by atoms with Crippen LogP contribution in [0.3, 0.4) is 0 Å². The Kier molecular flexibility index (Phi) is 17.7. The second-order valence-corrected chi connectivity index (χ2v) is 7.26. The van der Waals surface area contributed by atoms with Crippen molar-refractivity contribution in [2.24, 2.45) is 0 Å². The normalized spacial score (nSPS) is 10.2. The summed E-state index contributed by atoms with van der Waals surface area (Å²) in [5.74, 6) is -0.528. The van der Waals surface area contributed by atoms with Crippen molar-refractivity contribution < 1.29 is 19.1 Å². The van der Waals surface area contributed by atoms with Crippen LogP contribution in [0.1, 0.15) is 77.7 Å². The monoisotopic (exact) mass is 428 g/mol. The fraction of sp³-hybridized carbons (Fsp3) is 0.481. The summed E-state index contributed by atoms with van der Waals surface area (Å²) in [6.07, 6.45) is 11.6. The second kappa shape index (κ2) is 19.3. The lowest BCUT2D eigenvalue weighted by atomic mass is 10.1. The maximum atomic E-state index is 11.5. The van der Waals surface area contributed by atoms with Crippen LogP contribution < -0.4 is 0 Å². The van der Waals surface area contributed by atoms with E-state index >= 15 is 0 Å². The summed E-state index contributed by atoms with van der Waals surface area (Å²) in [7, 11) is 0. The van der Waals surface area contributed by atoms with Gasteiger partial charge in [0, 0.05) is 11.1 Å². The molecular weight excluding hydrogens is 388 g/mol. The van der Waals surface area contributed by atoms with Gasteiger partial charge in [-0.25, -0.2) is 9.59 Å². The number of unbranched alkanes of at least 4 members (excludes halogenated alkanes) is 4. The first-order valence-corrected chi connectivity index (χ1v) is 11.4. The van der Waals surface area contributed by atoms with Crippen molar-refractivity contribution in [3.05, 3.63) is 66.3 Å². The number of hydrogen-bond donors (Lipinski definition) is 0. The van der Waals surface area contributed by atoms with Crippen LogP contribution in [0.15, 0.2) is 60.7 Å². The number of esters is 2. The van der Waals surface area contributed by atoms with E-state index in [4.69, 9.17) is 9.47 Å². The van der Waals surface area contributed by atoms with Crippen molar-refractivity contribution in [3.8, 4) is 0 Å². The summed E-state index contributed by atoms with van der Waals surface area (Å²) in [4.78, 5) is 22.6. The molecule has 1 aromatic rings. The van der Waals surface area contributed by atoms with Gasteiger partial charge in [0.25, 0.3) is 0 Å². The Labute approximate surface area is 189 Å². The van der Waals surface area contributed by atoms with Crippen molar-refractivity contribution >= 4 is 18.0 Å². The number of carbonyl (C=O) groups excluding carboxylic acids is 2. The minimum atomic E-state index is -0.291. The Bertz CT molecular complexity index is 674. The minimum Gasteiger partial charge on any atom is -0.462 e. The molecule has 0 fully saturated rings. The molecule has 0 atom stereocenters. The number of rotatable bonds is 14. The highest BCUT2D eigenvalue weighted by Gasteiger charge is 2.06. The first-order chi connectivity index (χ1) is 15.0. The maximum Gasteiger partial charge on any atom is 0.333 e. The molecule has 31 heavy (non-hydrogen) atoms. The molecule has 0 aliphatic heterocycles. The average Bonchev–Trinajstić information content (AvgIpc) is 2.79. The Morgan fingerprint density at radius 3 is 1.97 bits per heavy atom. The van der Waals surface area contributed by atoms with E-state index < -0.39 is 0 Å². The van der Waals surface area contributed by atoms with E-state index in [-0.39, 0.29) is 11.9 Å². The van der Waals surface area contributed by atoms with Gasteiger partial charge in [0.15, 0.2) is 0 Å². The van der Waals surface area contributed by atoms with Crippen molar-refractivity contribution in [3.63, 3.8) is 0 Å². The molecule has 0 amide bonds. The molecule has 0 aliphatic carbocycles. The van der Waals surface area contributed by atoms with E-state index in [1.165, 1.54) is 12.8 Å². The smallest absolute Gasteiger partial charge is 0.333 e. The SMILES string of the molecule is C=C(CC)C(=O)OCCCCCC.C=C(CC=Cc1ccccc1)C(=O)OCCCC. The molecule has 4 heteroatoms. The van der Waals surface area contributed by atoms with Gasteiger partial charge >= 0.3 is 11.9 Å². The fourth-order valence-corrected chi connectivity index (χ4v) is 2.34. The van der Waals surface area contributed by atoms with Gasteiger partial charge in [-0.3, -0.25) is 0 Å². The standard InChI is InChI=1S/C16H20O2.C11H20O2/c1-3-4-13-18-16(17)14(2)9-8-12-15-10-6-5-7-11-15;1-4-6-7-8-9-13-11(12)10(3)5-2/h5-8,10-12H,2-4,9,13H2,1H3;3-9H2,1-2H3. The van der Waals surface area contributed by atoms with Gasteiger partial charge in [-0.2, -0.15) is 0 Å². The summed E-state index contributed by atoms with van der Waals surface area (Å²) in [6, 6.07) is 9.96. The zero-order chi connectivity index (χ0) is 23.3. The van der Waals surface area contributed by atoms with Gasteiger partial charge in [-0.05, 0) is 31.2 Å². The third-order valence-electron chi connectivity index (χ3n) is 4.44. The van der Waals surface area contributed by atoms with Crippen LogP contribution in [-0.2, 0) is 19.1 Å². The van der Waals surface area contributed by atoms with Gasteiger partial charge in [-0.1, -0.05) is 102 Å². The van der Waals surface area contributed by atoms with Crippen molar-refractivity contribution in [2.75, 3.05) is 13.2 Å². The van der Waals surface area contributed by atoms with Gasteiger partial charge in [0.2, 0.25) is 0 Å². The number of ether oxygens (including phenoxy) is 2. The van der Waals surface area contributed by atoms with Crippen LogP contribution in [0.25, 0.3) is 6.08 Å². The van der Waals surface area contributed by atoms with E-state index in [1.54, 1.807) is 0 Å². The average molecular weight is 429 g/mol. The summed E-state index contributed by atoms with van der Waals surface area (Å²) >= 11 is 0. The lowest BCUT2D eigenvalue weighted by Gasteiger charge is -2.04. The zero-order valence-corrected chi connectivity index (χ0v) is 19.7. The molecule has 0 N–H and O–H groups in total. The van der Waals surface area contributed by atoms with Crippen LogP contribution in [0.5, 0.6) is 0 Å². The fourth-order valence-electron chi connectivity index (χ4n) is 2.34. The predicted octanol–water partition coefficient (Wildman–Crippen LogP) is 7.07. The number of hydrogen-bond acceptors (Lipinski definition) is 4. The summed E-state index contributed by atoms with van der Waals surface area (Å²) in [6.45, 7) is 14.5. The van der Waals surface area contributed by atoms with E-state index in [2.05, 4.69) is 27.0 Å². The molecular formula is C27H40O4. The Hall–Kier alpha value is -2.62. The highest BCUT2D eigenvalue weighted by Crippen LogP contribution is 2.07. The minimum absolute atomic E-state index is 0.237. The van der Waals surface area contributed by atoms with E-state index in [0.717, 1.165) is 31.2 Å². The van der Waals surface area contributed by atoms with Crippen LogP contribution in [0.2, 0.25) is 0 Å². The molecule has 0 spiro atoms. The van der Waals surface area contributed by atoms with Gasteiger partial charge in [-0.15, -0.1) is 0 Å². The second-order valence-electron chi connectivity index (χ2n) is 7.26. The van der Waals surface area contributed by atoms with Gasteiger partial charge in [0.1, 0.15) is 0 Å². The third-order valence-corrected chi connectivity index (χ3v) is 4.44. The van der Waals surface area contributed by atoms with Gasteiger partial charge in [0.05, 0.1) is 13.2 Å². The van der Waals surface area contributed by atoms with E-state index in [1.807, 2.05) is 49.4 Å². The molecule has 4 nitrogen and oxygen atoms in total. The molecule has 0 heterocycles. The van der Waals surface area contributed by atoms with Crippen LogP contribution in [-0.4, -0.2) is 25.2 Å². The highest BCUT2D eigenvalue weighted by atomic mass is 16.5. The summed E-state index contributed by atoms with van der Waals surface area (Å²) < 4.78 is 10.1. The Morgan fingerprint density at radius 2 is 1.39 bits per heavy atom. The lowest BCUT2D eigenvalue weighted by Crippen LogP contribution is -2.07. The maximum absolute atomic E-state index is 11.5. The van der Waals surface area contributed by atoms with E-state index in [9.17, 15) is 9.59 Å². The van der Waals surface area contributed by atoms with E-state index in [0.29, 0.717) is 37.2 Å². The van der Waals surface area contributed by atoms with Crippen molar-refractivity contribution in [1.29, 1.82) is 0 Å². The molecule has 0 aliphatic rings. The van der Waals surface area contributed by atoms with Crippen LogP contribution in [0, 0.1) is 0 Å². The molecule has 0 saturated heterocycles. The Morgan fingerprint density at radius 1 is 0.806 bits per heavy atom. The highest BCUT2D eigenvalue weighted by molar-refractivity contribution is 5.88. The zero-order valence-electron chi connectivity index (χ0n) is 19.7. The molecule has 1 rings (SSSR count). The van der Waals surface area contributed by atoms with Crippen molar-refractivity contribution in [2.45, 2.75) is 72.1 Å². The number of allylic oxidation sites excluding steroid dienone is 1. The quantitative estimate of drug-likeness (QED) is 0.181. The topological polar surface area (TPSA) is 52.6 Å². The van der Waals surface area contributed by atoms with Crippen LogP contribution >= 0.6 is 0 Å². The molecule has 0 radical (unpaired) electrons. The number of carbonyl (C=O) groups is 2. The van der Waals surface area contributed by atoms with Gasteiger partial charge < -0.3 is 9.47 Å². The molecule has 0 bridgehead atoms. The molecule has 0 saturated carbocycles. The molecule has 172 valence electrons. The number of benzene rings is 1. The van der Waals surface area contributed by atoms with Crippen molar-refractivity contribution in [1.82, 2.24) is 0 Å². The predicted molar refractivity (Wildman–Crippen MR) is 130 cm³/mol. The summed E-state index contributed by atoms with van der Waals surface area (Å²) in [5.41, 5.74) is 2.18. The molecule has 1 aromatic carbocycles. The largest absolute Gasteiger partial charge is 0.462 e. The molecule has 0 aromatic heterocycles. The molecule has 0 unspecified atom stereocenters. The van der Waals surface area contributed by atoms with Crippen LogP contribution in [0.4, 0.5) is 0 Å². The Balaban J connectivity index is 0.000000615.